The van der Waals surface area contributed by atoms with Crippen molar-refractivity contribution in [3.05, 3.63) is 120 Å². The van der Waals surface area contributed by atoms with Crippen LogP contribution in [0.1, 0.15) is 34.6 Å². The van der Waals surface area contributed by atoms with Crippen molar-refractivity contribution in [3.8, 4) is 0 Å². The predicted octanol–water partition coefficient (Wildman–Crippen LogP) is 4.75. The second-order valence-corrected chi connectivity index (χ2v) is 7.91. The van der Waals surface area contributed by atoms with Gasteiger partial charge in [-0.25, -0.2) is 0 Å². The molecule has 0 saturated heterocycles. The van der Waals surface area contributed by atoms with E-state index >= 15 is 0 Å². The minimum atomic E-state index is 0.119. The third kappa shape index (κ3) is 3.41. The lowest BCUT2D eigenvalue weighted by atomic mass is 10.1. The van der Waals surface area contributed by atoms with Crippen LogP contribution in [0.3, 0.4) is 0 Å². The average Bonchev–Trinajstić information content (AvgIpc) is 3.38. The SMILES string of the molecule is CN1C=C(c2ccccc2)NC1c1cccc(C2NC(c3ccccc3)=CN2C)c1. The maximum Gasteiger partial charge on any atom is 0.125 e. The van der Waals surface area contributed by atoms with Crippen LogP contribution >= 0.6 is 0 Å². The molecule has 2 atom stereocenters. The highest BCUT2D eigenvalue weighted by atomic mass is 15.3. The first kappa shape index (κ1) is 18.4. The minimum absolute atomic E-state index is 0.119. The van der Waals surface area contributed by atoms with Crippen molar-refractivity contribution in [1.29, 1.82) is 0 Å². The van der Waals surface area contributed by atoms with E-state index in [4.69, 9.17) is 0 Å². The summed E-state index contributed by atoms with van der Waals surface area (Å²) in [5, 5.41) is 7.35. The van der Waals surface area contributed by atoms with E-state index in [0.717, 1.165) is 11.4 Å². The molecule has 4 heteroatoms. The van der Waals surface area contributed by atoms with Gasteiger partial charge in [-0.1, -0.05) is 78.9 Å². The minimum Gasteiger partial charge on any atom is -0.360 e. The summed E-state index contributed by atoms with van der Waals surface area (Å²) in [6, 6.07) is 29.8. The van der Waals surface area contributed by atoms with Gasteiger partial charge in [-0.15, -0.1) is 0 Å². The summed E-state index contributed by atoms with van der Waals surface area (Å²) in [5.41, 5.74) is 7.21. The molecule has 0 bridgehead atoms. The van der Waals surface area contributed by atoms with Crippen molar-refractivity contribution in [2.75, 3.05) is 14.1 Å². The molecule has 0 spiro atoms. The van der Waals surface area contributed by atoms with Crippen LogP contribution < -0.4 is 10.6 Å². The molecule has 0 saturated carbocycles. The van der Waals surface area contributed by atoms with Crippen LogP contribution in [-0.2, 0) is 0 Å². The van der Waals surface area contributed by atoms with Crippen LogP contribution in [0.4, 0.5) is 0 Å². The van der Waals surface area contributed by atoms with E-state index in [9.17, 15) is 0 Å². The molecule has 2 N–H and O–H groups in total. The third-order valence-electron chi connectivity index (χ3n) is 5.78. The van der Waals surface area contributed by atoms with Crippen LogP contribution in [0.25, 0.3) is 11.4 Å². The molecule has 5 rings (SSSR count). The first-order chi connectivity index (χ1) is 14.7. The second kappa shape index (κ2) is 7.64. The molecule has 0 aliphatic carbocycles. The van der Waals surface area contributed by atoms with Gasteiger partial charge in [-0.05, 0) is 28.3 Å². The van der Waals surface area contributed by atoms with Gasteiger partial charge in [-0.3, -0.25) is 0 Å². The van der Waals surface area contributed by atoms with Gasteiger partial charge in [-0.2, -0.15) is 0 Å². The standard InChI is InChI=1S/C26H26N4/c1-29-17-23(19-10-5-3-6-11-19)27-25(29)21-14-9-15-22(16-21)26-28-24(18-30(26)2)20-12-7-4-8-13-20/h3-18,25-28H,1-2H3. The molecule has 3 aromatic carbocycles. The van der Waals surface area contributed by atoms with Crippen molar-refractivity contribution in [1.82, 2.24) is 20.4 Å². The summed E-state index contributed by atoms with van der Waals surface area (Å²) in [7, 11) is 4.24. The lowest BCUT2D eigenvalue weighted by Crippen LogP contribution is -2.27. The largest absolute Gasteiger partial charge is 0.360 e. The number of benzene rings is 3. The molecule has 0 aromatic heterocycles. The lowest BCUT2D eigenvalue weighted by molar-refractivity contribution is 0.332. The molecule has 4 nitrogen and oxygen atoms in total. The number of hydrogen-bond donors (Lipinski definition) is 2. The number of nitrogens with one attached hydrogen (secondary N) is 2. The Bertz CT molecular complexity index is 1000. The van der Waals surface area contributed by atoms with Gasteiger partial charge >= 0.3 is 0 Å². The maximum atomic E-state index is 3.68. The highest BCUT2D eigenvalue weighted by Gasteiger charge is 2.26. The van der Waals surface area contributed by atoms with Gasteiger partial charge in [0.15, 0.2) is 0 Å². The Kier molecular flexibility index (Phi) is 4.68. The molecule has 0 fully saturated rings. The Balaban J connectivity index is 1.36. The van der Waals surface area contributed by atoms with Crippen molar-refractivity contribution >= 4 is 11.4 Å². The molecule has 2 aliphatic rings. The van der Waals surface area contributed by atoms with Gasteiger partial charge in [0.2, 0.25) is 0 Å². The fourth-order valence-electron chi connectivity index (χ4n) is 4.22. The van der Waals surface area contributed by atoms with Crippen LogP contribution in [0, 0.1) is 0 Å². The zero-order valence-electron chi connectivity index (χ0n) is 17.3. The summed E-state index contributed by atoms with van der Waals surface area (Å²) in [6.45, 7) is 0. The molecule has 2 aliphatic heterocycles. The Morgan fingerprint density at radius 2 is 1.00 bits per heavy atom. The Morgan fingerprint density at radius 1 is 0.567 bits per heavy atom. The van der Waals surface area contributed by atoms with E-state index in [0.29, 0.717) is 0 Å². The summed E-state index contributed by atoms with van der Waals surface area (Å²) in [6.07, 6.45) is 4.60. The van der Waals surface area contributed by atoms with Crippen LogP contribution in [-0.4, -0.2) is 23.9 Å². The van der Waals surface area contributed by atoms with Crippen LogP contribution in [0.2, 0.25) is 0 Å². The van der Waals surface area contributed by atoms with E-state index in [1.165, 1.54) is 22.3 Å². The summed E-state index contributed by atoms with van der Waals surface area (Å²) in [5.74, 6) is 0. The molecular weight excluding hydrogens is 368 g/mol. The summed E-state index contributed by atoms with van der Waals surface area (Å²) >= 11 is 0. The molecule has 2 unspecified atom stereocenters. The lowest BCUT2D eigenvalue weighted by Gasteiger charge is -2.26. The highest BCUT2D eigenvalue weighted by molar-refractivity contribution is 5.67. The van der Waals surface area contributed by atoms with Gasteiger partial charge in [0.1, 0.15) is 12.3 Å². The van der Waals surface area contributed by atoms with Crippen molar-refractivity contribution in [2.24, 2.45) is 0 Å². The van der Waals surface area contributed by atoms with E-state index in [2.05, 4.69) is 120 Å². The van der Waals surface area contributed by atoms with E-state index < -0.39 is 0 Å². The summed E-state index contributed by atoms with van der Waals surface area (Å²) in [4.78, 5) is 4.47. The van der Waals surface area contributed by atoms with Crippen LogP contribution in [0.5, 0.6) is 0 Å². The van der Waals surface area contributed by atoms with Crippen LogP contribution in [0.15, 0.2) is 97.3 Å². The molecule has 3 aromatic rings. The zero-order chi connectivity index (χ0) is 20.5. The number of rotatable bonds is 4. The van der Waals surface area contributed by atoms with Crippen molar-refractivity contribution in [3.63, 3.8) is 0 Å². The topological polar surface area (TPSA) is 30.5 Å². The van der Waals surface area contributed by atoms with Gasteiger partial charge < -0.3 is 20.4 Å². The number of hydrogen-bond acceptors (Lipinski definition) is 4. The first-order valence-electron chi connectivity index (χ1n) is 10.3. The highest BCUT2D eigenvalue weighted by Crippen LogP contribution is 2.32. The van der Waals surface area contributed by atoms with E-state index in [-0.39, 0.29) is 12.3 Å². The fourth-order valence-corrected chi connectivity index (χ4v) is 4.22. The van der Waals surface area contributed by atoms with Crippen molar-refractivity contribution in [2.45, 2.75) is 12.3 Å². The molecule has 2 heterocycles. The molecule has 0 radical (unpaired) electrons. The third-order valence-corrected chi connectivity index (χ3v) is 5.78. The first-order valence-corrected chi connectivity index (χ1v) is 10.3. The number of nitrogens with zero attached hydrogens (tertiary/aromatic N) is 2. The van der Waals surface area contributed by atoms with Gasteiger partial charge in [0.25, 0.3) is 0 Å². The smallest absolute Gasteiger partial charge is 0.125 e. The maximum absolute atomic E-state index is 3.68. The summed E-state index contributed by atoms with van der Waals surface area (Å²) < 4.78 is 0. The fraction of sp³-hybridized carbons (Fsp3) is 0.154. The molecular formula is C26H26N4. The Hall–Kier alpha value is -3.66. The second-order valence-electron chi connectivity index (χ2n) is 7.91. The van der Waals surface area contributed by atoms with E-state index in [1.807, 2.05) is 12.1 Å². The normalized spacial score (nSPS) is 20.5. The zero-order valence-corrected chi connectivity index (χ0v) is 17.3. The molecule has 0 amide bonds. The predicted molar refractivity (Wildman–Crippen MR) is 123 cm³/mol. The molecule has 30 heavy (non-hydrogen) atoms. The monoisotopic (exact) mass is 394 g/mol. The Labute approximate surface area is 178 Å². The van der Waals surface area contributed by atoms with E-state index in [1.54, 1.807) is 0 Å². The Morgan fingerprint density at radius 3 is 1.43 bits per heavy atom. The average molecular weight is 395 g/mol. The molecule has 150 valence electrons. The van der Waals surface area contributed by atoms with Gasteiger partial charge in [0, 0.05) is 26.5 Å². The van der Waals surface area contributed by atoms with Crippen molar-refractivity contribution < 1.29 is 0 Å². The quantitative estimate of drug-likeness (QED) is 0.668. The van der Waals surface area contributed by atoms with Gasteiger partial charge in [0.05, 0.1) is 11.4 Å².